The molecule has 1 amide bonds. The summed E-state index contributed by atoms with van der Waals surface area (Å²) in [5.41, 5.74) is 0.642. The van der Waals surface area contributed by atoms with Crippen LogP contribution in [0.25, 0.3) is 0 Å². The van der Waals surface area contributed by atoms with E-state index in [1.165, 1.54) is 11.8 Å². The first kappa shape index (κ1) is 21.9. The maximum Gasteiger partial charge on any atom is 0.340 e. The number of nitrogens with one attached hydrogen (secondary N) is 1. The first-order chi connectivity index (χ1) is 12.6. The van der Waals surface area contributed by atoms with Gasteiger partial charge in [-0.2, -0.15) is 0 Å². The van der Waals surface area contributed by atoms with Gasteiger partial charge in [0.05, 0.1) is 5.57 Å². The van der Waals surface area contributed by atoms with Crippen LogP contribution in [-0.2, 0) is 9.53 Å². The van der Waals surface area contributed by atoms with E-state index in [0.717, 1.165) is 31.4 Å². The summed E-state index contributed by atoms with van der Waals surface area (Å²) in [4.78, 5) is 26.7. The molecule has 27 heavy (non-hydrogen) atoms. The molecule has 2 unspecified atom stereocenters. The first-order valence-corrected chi connectivity index (χ1v) is 10.5. The zero-order valence-electron chi connectivity index (χ0n) is 16.7. The van der Waals surface area contributed by atoms with E-state index in [9.17, 15) is 9.59 Å². The number of carbonyl (C=O) groups excluding carboxylic acids is 2. The number of hydrogen-bond acceptors (Lipinski definition) is 5. The second kappa shape index (κ2) is 9.20. The molecule has 1 N–H and O–H groups in total. The molecule has 0 aromatic heterocycles. The predicted octanol–water partition coefficient (Wildman–Crippen LogP) is 4.80. The number of nitrogens with zero attached hydrogens (tertiary/aromatic N) is 1. The van der Waals surface area contributed by atoms with Crippen LogP contribution >= 0.6 is 23.4 Å². The summed E-state index contributed by atoms with van der Waals surface area (Å²) in [7, 11) is 3.51. The van der Waals surface area contributed by atoms with Gasteiger partial charge in [-0.1, -0.05) is 42.3 Å². The normalized spacial score (nSPS) is 23.3. The zero-order valence-corrected chi connectivity index (χ0v) is 18.2. The summed E-state index contributed by atoms with van der Waals surface area (Å²) in [6.07, 6.45) is 9.15. The molecule has 1 fully saturated rings. The minimum Gasteiger partial charge on any atom is -0.456 e. The first-order valence-electron chi connectivity index (χ1n) is 9.25. The van der Waals surface area contributed by atoms with Crippen molar-refractivity contribution in [1.29, 1.82) is 0 Å². The zero-order chi connectivity index (χ0) is 20.2. The number of amides is 1. The van der Waals surface area contributed by atoms with Crippen LogP contribution in [0, 0.1) is 5.92 Å². The Morgan fingerprint density at radius 3 is 2.56 bits per heavy atom. The molecule has 2 aliphatic rings. The van der Waals surface area contributed by atoms with Crippen LogP contribution < -0.4 is 5.32 Å². The van der Waals surface area contributed by atoms with Gasteiger partial charge >= 0.3 is 5.97 Å². The van der Waals surface area contributed by atoms with Crippen LogP contribution in [0.1, 0.15) is 46.5 Å². The van der Waals surface area contributed by atoms with Crippen molar-refractivity contribution < 1.29 is 14.3 Å². The monoisotopic (exact) mass is 412 g/mol. The van der Waals surface area contributed by atoms with Crippen LogP contribution in [0.5, 0.6) is 0 Å². The Bertz CT molecular complexity index is 677. The highest BCUT2D eigenvalue weighted by Gasteiger charge is 2.35. The molecular formula is C20H29ClN2O3S. The van der Waals surface area contributed by atoms with Crippen molar-refractivity contribution >= 4 is 34.6 Å². The van der Waals surface area contributed by atoms with Crippen molar-refractivity contribution in [3.63, 3.8) is 0 Å². The molecule has 1 aliphatic heterocycles. The SMILES string of the molecule is CN(C)C(=O)SC1CCCCC1C1=C(C(=O)OC(C)(C)C)C=CC=C(Cl)N1. The fraction of sp³-hybridized carbons (Fsp3) is 0.600. The molecule has 7 heteroatoms. The Morgan fingerprint density at radius 2 is 1.93 bits per heavy atom. The number of allylic oxidation sites excluding steroid dienone is 3. The molecule has 0 saturated heterocycles. The van der Waals surface area contributed by atoms with Gasteiger partial charge in [0.15, 0.2) is 0 Å². The minimum atomic E-state index is -0.589. The summed E-state index contributed by atoms with van der Waals surface area (Å²) < 4.78 is 5.61. The minimum absolute atomic E-state index is 0.0251. The standard InChI is InChI=1S/C20H29ClN2O3S/c1-20(2,3)26-18(24)14-10-8-12-16(21)22-17(14)13-9-6-7-11-15(13)27-19(25)23(4)5/h8,10,12-13,15,22H,6-7,9,11H2,1-5H3. The summed E-state index contributed by atoms with van der Waals surface area (Å²) in [5.74, 6) is -0.352. The van der Waals surface area contributed by atoms with Crippen molar-refractivity contribution in [2.45, 2.75) is 57.3 Å². The van der Waals surface area contributed by atoms with E-state index in [1.54, 1.807) is 37.2 Å². The van der Waals surface area contributed by atoms with Crippen molar-refractivity contribution in [2.75, 3.05) is 14.1 Å². The van der Waals surface area contributed by atoms with Crippen molar-refractivity contribution in [1.82, 2.24) is 10.2 Å². The number of carbonyl (C=O) groups is 2. The summed E-state index contributed by atoms with van der Waals surface area (Å²) >= 11 is 7.61. The molecule has 2 atom stereocenters. The summed E-state index contributed by atoms with van der Waals surface area (Å²) in [5, 5.41) is 3.77. The molecule has 0 bridgehead atoms. The van der Waals surface area contributed by atoms with Gasteiger partial charge in [-0.15, -0.1) is 0 Å². The molecule has 2 rings (SSSR count). The number of esters is 1. The maximum atomic E-state index is 12.8. The van der Waals surface area contributed by atoms with Crippen molar-refractivity contribution in [3.8, 4) is 0 Å². The lowest BCUT2D eigenvalue weighted by Crippen LogP contribution is -2.34. The molecule has 150 valence electrons. The number of thioether (sulfide) groups is 1. The van der Waals surface area contributed by atoms with Gasteiger partial charge in [0.25, 0.3) is 5.24 Å². The molecule has 0 aromatic rings. The topological polar surface area (TPSA) is 58.6 Å². The third-order valence-electron chi connectivity index (χ3n) is 4.36. The fourth-order valence-electron chi connectivity index (χ4n) is 3.16. The van der Waals surface area contributed by atoms with E-state index in [1.807, 2.05) is 20.8 Å². The number of hydrogen-bond donors (Lipinski definition) is 1. The lowest BCUT2D eigenvalue weighted by Gasteiger charge is -2.34. The van der Waals surface area contributed by atoms with Gasteiger partial charge < -0.3 is 15.0 Å². The number of ether oxygens (including phenoxy) is 1. The smallest absolute Gasteiger partial charge is 0.340 e. The van der Waals surface area contributed by atoms with Gasteiger partial charge in [0.1, 0.15) is 10.8 Å². The van der Waals surface area contributed by atoms with Crippen molar-refractivity contribution in [3.05, 3.63) is 34.7 Å². The third kappa shape index (κ3) is 6.32. The summed E-state index contributed by atoms with van der Waals surface area (Å²) in [6.45, 7) is 5.54. The van der Waals surface area contributed by atoms with Crippen molar-refractivity contribution in [2.24, 2.45) is 5.92 Å². The van der Waals surface area contributed by atoms with E-state index in [2.05, 4.69) is 5.32 Å². The molecule has 5 nitrogen and oxygen atoms in total. The summed E-state index contributed by atoms with van der Waals surface area (Å²) in [6, 6.07) is 0. The Morgan fingerprint density at radius 1 is 1.26 bits per heavy atom. The molecule has 0 spiro atoms. The molecule has 1 heterocycles. The van der Waals surface area contributed by atoms with Gasteiger partial charge in [-0.3, -0.25) is 4.79 Å². The second-order valence-corrected chi connectivity index (χ2v) is 9.63. The fourth-order valence-corrected chi connectivity index (χ4v) is 4.53. The third-order valence-corrected chi connectivity index (χ3v) is 6.01. The predicted molar refractivity (Wildman–Crippen MR) is 112 cm³/mol. The van der Waals surface area contributed by atoms with Gasteiger partial charge in [0, 0.05) is 31.0 Å². The van der Waals surface area contributed by atoms with Crippen LogP contribution in [0.15, 0.2) is 34.7 Å². The highest BCUT2D eigenvalue weighted by atomic mass is 35.5. The highest BCUT2D eigenvalue weighted by molar-refractivity contribution is 8.14. The van der Waals surface area contributed by atoms with Gasteiger partial charge in [-0.05, 0) is 45.8 Å². The lowest BCUT2D eigenvalue weighted by atomic mass is 9.84. The Balaban J connectivity index is 2.39. The molecule has 0 radical (unpaired) electrons. The van der Waals surface area contributed by atoms with E-state index >= 15 is 0 Å². The average Bonchev–Trinajstić information content (AvgIpc) is 2.75. The van der Waals surface area contributed by atoms with E-state index in [4.69, 9.17) is 16.3 Å². The Kier molecular flexibility index (Phi) is 7.46. The van der Waals surface area contributed by atoms with Crippen LogP contribution in [-0.4, -0.2) is 41.1 Å². The maximum absolute atomic E-state index is 12.8. The Labute approximate surface area is 171 Å². The van der Waals surface area contributed by atoms with Gasteiger partial charge in [0.2, 0.25) is 0 Å². The molecule has 1 saturated carbocycles. The Hall–Kier alpha value is -1.40. The van der Waals surface area contributed by atoms with Crippen LogP contribution in [0.2, 0.25) is 0 Å². The van der Waals surface area contributed by atoms with Gasteiger partial charge in [-0.25, -0.2) is 4.79 Å². The van der Waals surface area contributed by atoms with Crippen LogP contribution in [0.3, 0.4) is 0 Å². The molecule has 1 aliphatic carbocycles. The molecular weight excluding hydrogens is 384 g/mol. The molecule has 0 aromatic carbocycles. The number of rotatable bonds is 3. The van der Waals surface area contributed by atoms with E-state index in [-0.39, 0.29) is 22.4 Å². The lowest BCUT2D eigenvalue weighted by molar-refractivity contribution is -0.149. The van der Waals surface area contributed by atoms with E-state index < -0.39 is 5.60 Å². The number of halogens is 1. The quantitative estimate of drug-likeness (QED) is 0.533. The second-order valence-electron chi connectivity index (χ2n) is 8.04. The highest BCUT2D eigenvalue weighted by Crippen LogP contribution is 2.40. The average molecular weight is 413 g/mol. The largest absolute Gasteiger partial charge is 0.456 e. The van der Waals surface area contributed by atoms with Crippen LogP contribution in [0.4, 0.5) is 4.79 Å². The van der Waals surface area contributed by atoms with E-state index in [0.29, 0.717) is 10.7 Å².